The average Bonchev–Trinajstić information content (AvgIpc) is 2.82. The Morgan fingerprint density at radius 1 is 1.32 bits per heavy atom. The van der Waals surface area contributed by atoms with Gasteiger partial charge in [0.05, 0.1) is 10.9 Å². The zero-order valence-corrected chi connectivity index (χ0v) is 17.0. The van der Waals surface area contributed by atoms with Crippen LogP contribution in [-0.2, 0) is 20.8 Å². The number of carbonyl (C=O) groups is 3. The zero-order valence-electron chi connectivity index (χ0n) is 16.2. The van der Waals surface area contributed by atoms with E-state index in [0.717, 1.165) is 30.4 Å². The van der Waals surface area contributed by atoms with Crippen molar-refractivity contribution in [3.63, 3.8) is 0 Å². The van der Waals surface area contributed by atoms with Crippen LogP contribution in [0.4, 0.5) is 0 Å². The van der Waals surface area contributed by atoms with E-state index in [0.29, 0.717) is 12.8 Å². The number of hydrogen-bond acceptors (Lipinski definition) is 4. The minimum absolute atomic E-state index is 0.0577. The van der Waals surface area contributed by atoms with Crippen LogP contribution in [0.1, 0.15) is 56.7 Å². The van der Waals surface area contributed by atoms with E-state index in [2.05, 4.69) is 5.32 Å². The Kier molecular flexibility index (Phi) is 6.13. The Hall–Kier alpha value is -2.28. The van der Waals surface area contributed by atoms with E-state index in [9.17, 15) is 19.5 Å². The van der Waals surface area contributed by atoms with E-state index in [1.807, 2.05) is 38.1 Å². The maximum atomic E-state index is 13.4. The molecule has 2 heterocycles. The Balaban J connectivity index is 1.96. The summed E-state index contributed by atoms with van der Waals surface area (Å²) in [5, 5.41) is 12.5. The Morgan fingerprint density at radius 3 is 2.71 bits per heavy atom. The van der Waals surface area contributed by atoms with Crippen molar-refractivity contribution in [2.75, 3.05) is 0 Å². The molecule has 3 rings (SSSR count). The number of carboxylic acids is 1. The molecule has 2 aliphatic rings. The molecule has 1 aromatic rings. The van der Waals surface area contributed by atoms with Crippen molar-refractivity contribution < 1.29 is 19.5 Å². The van der Waals surface area contributed by atoms with E-state index in [4.69, 9.17) is 12.2 Å². The molecule has 28 heavy (non-hydrogen) atoms. The third-order valence-electron chi connectivity index (χ3n) is 5.89. The minimum Gasteiger partial charge on any atom is -0.480 e. The molecule has 2 aliphatic heterocycles. The minimum atomic E-state index is -1.00. The Morgan fingerprint density at radius 2 is 2.04 bits per heavy atom. The second-order valence-corrected chi connectivity index (χ2v) is 8.09. The molecule has 2 N–H and O–H groups in total. The largest absolute Gasteiger partial charge is 0.480 e. The highest BCUT2D eigenvalue weighted by Crippen LogP contribution is 2.39. The summed E-state index contributed by atoms with van der Waals surface area (Å²) in [5.41, 5.74) is 1.94. The second kappa shape index (κ2) is 8.39. The van der Waals surface area contributed by atoms with Crippen LogP contribution in [0, 0.1) is 5.92 Å². The lowest BCUT2D eigenvalue weighted by Gasteiger charge is -2.40. The Labute approximate surface area is 170 Å². The average molecular weight is 403 g/mol. The number of benzene rings is 1. The smallest absolute Gasteiger partial charge is 0.326 e. The molecule has 0 radical (unpaired) electrons. The van der Waals surface area contributed by atoms with Gasteiger partial charge in [0.1, 0.15) is 12.1 Å². The van der Waals surface area contributed by atoms with Crippen molar-refractivity contribution in [3.05, 3.63) is 35.4 Å². The van der Waals surface area contributed by atoms with Crippen molar-refractivity contribution >= 4 is 34.9 Å². The first-order valence-corrected chi connectivity index (χ1v) is 10.2. The number of fused-ring (bicyclic) bond motifs is 3. The molecule has 0 spiro atoms. The lowest BCUT2D eigenvalue weighted by atomic mass is 9.89. The molecule has 0 unspecified atom stereocenters. The van der Waals surface area contributed by atoms with Gasteiger partial charge in [-0.05, 0) is 42.7 Å². The molecule has 1 fully saturated rings. The lowest BCUT2D eigenvalue weighted by Crippen LogP contribution is -2.56. The van der Waals surface area contributed by atoms with Gasteiger partial charge in [-0.2, -0.15) is 0 Å². The number of thiocarbonyl (C=S) groups is 1. The molecule has 7 heteroatoms. The van der Waals surface area contributed by atoms with Crippen LogP contribution in [0.2, 0.25) is 0 Å². The second-order valence-electron chi connectivity index (χ2n) is 7.65. The summed E-state index contributed by atoms with van der Waals surface area (Å²) in [5.74, 6) is -1.81. The maximum Gasteiger partial charge on any atom is 0.326 e. The molecule has 150 valence electrons. The molecule has 0 saturated carbocycles. The van der Waals surface area contributed by atoms with Crippen LogP contribution >= 0.6 is 12.2 Å². The monoisotopic (exact) mass is 402 g/mol. The maximum absolute atomic E-state index is 13.4. The quantitative estimate of drug-likeness (QED) is 0.740. The van der Waals surface area contributed by atoms with E-state index in [-0.39, 0.29) is 22.7 Å². The molecule has 0 aromatic heterocycles. The van der Waals surface area contributed by atoms with Crippen LogP contribution in [0.3, 0.4) is 0 Å². The first-order valence-electron chi connectivity index (χ1n) is 9.82. The highest BCUT2D eigenvalue weighted by molar-refractivity contribution is 7.82. The number of piperidine rings is 1. The number of carboxylic acid groups (broad SMARTS) is 1. The number of hydrogen-bond donors (Lipinski definition) is 2. The van der Waals surface area contributed by atoms with Crippen molar-refractivity contribution in [2.24, 2.45) is 5.92 Å². The number of carbonyl (C=O) groups excluding carboxylic acids is 2. The third kappa shape index (κ3) is 3.81. The number of rotatable bonds is 5. The Bertz CT molecular complexity index is 809. The summed E-state index contributed by atoms with van der Waals surface area (Å²) < 4.78 is 0. The molecule has 1 saturated heterocycles. The molecular formula is C21H26N2O4S. The lowest BCUT2D eigenvalue weighted by molar-refractivity contribution is -0.156. The number of amides is 2. The van der Waals surface area contributed by atoms with Crippen LogP contribution in [0.15, 0.2) is 24.3 Å². The molecule has 0 aliphatic carbocycles. The molecule has 6 nitrogen and oxygen atoms in total. The number of nitrogens with zero attached hydrogens (tertiary/aromatic N) is 1. The van der Waals surface area contributed by atoms with Crippen LogP contribution in [0.5, 0.6) is 0 Å². The van der Waals surface area contributed by atoms with Gasteiger partial charge < -0.3 is 15.3 Å². The summed E-state index contributed by atoms with van der Waals surface area (Å²) in [6, 6.07) is 5.74. The zero-order chi connectivity index (χ0) is 20.4. The van der Waals surface area contributed by atoms with Gasteiger partial charge in [-0.25, -0.2) is 4.79 Å². The van der Waals surface area contributed by atoms with E-state index < -0.39 is 24.0 Å². The SMILES string of the molecule is CC[C@H](C)C(=S)C(=O)N[C@H]1Cc2ccccc2[C@H]2CCC[C@@H](C(=O)O)N2C1=O. The van der Waals surface area contributed by atoms with E-state index >= 15 is 0 Å². The first-order chi connectivity index (χ1) is 13.3. The topological polar surface area (TPSA) is 86.7 Å². The highest BCUT2D eigenvalue weighted by Gasteiger charge is 2.44. The van der Waals surface area contributed by atoms with E-state index in [1.165, 1.54) is 4.90 Å². The molecule has 1 aromatic carbocycles. The fourth-order valence-corrected chi connectivity index (χ4v) is 4.36. The van der Waals surface area contributed by atoms with Crippen molar-refractivity contribution in [3.8, 4) is 0 Å². The van der Waals surface area contributed by atoms with Crippen molar-refractivity contribution in [1.29, 1.82) is 0 Å². The predicted molar refractivity (Wildman–Crippen MR) is 109 cm³/mol. The molecule has 0 bridgehead atoms. The van der Waals surface area contributed by atoms with Gasteiger partial charge in [-0.15, -0.1) is 0 Å². The standard InChI is InChI=1S/C21H26N2O4S/c1-3-12(2)18(28)19(24)22-15-11-13-7-4-5-8-14(13)16-9-6-10-17(21(26)27)23(16)20(15)25/h4-5,7-8,12,15-17H,3,6,9-11H2,1-2H3,(H,22,24)(H,26,27)/t12-,15-,16+,17-/m0/s1. The van der Waals surface area contributed by atoms with Gasteiger partial charge in [0.2, 0.25) is 5.91 Å². The van der Waals surface area contributed by atoms with Crippen LogP contribution < -0.4 is 5.32 Å². The van der Waals surface area contributed by atoms with Crippen LogP contribution in [-0.4, -0.2) is 44.7 Å². The van der Waals surface area contributed by atoms with Gasteiger partial charge in [0.25, 0.3) is 5.91 Å². The molecule has 4 atom stereocenters. The van der Waals surface area contributed by atoms with Crippen molar-refractivity contribution in [2.45, 2.75) is 64.1 Å². The normalized spacial score (nSPS) is 25.1. The number of aliphatic carboxylic acids is 1. The van der Waals surface area contributed by atoms with Gasteiger partial charge in [0, 0.05) is 6.42 Å². The fourth-order valence-electron chi connectivity index (χ4n) is 4.14. The summed E-state index contributed by atoms with van der Waals surface area (Å²) >= 11 is 5.27. The number of nitrogens with one attached hydrogen (secondary N) is 1. The molecular weight excluding hydrogens is 376 g/mol. The van der Waals surface area contributed by atoms with Gasteiger partial charge >= 0.3 is 5.97 Å². The fraction of sp³-hybridized carbons (Fsp3) is 0.524. The van der Waals surface area contributed by atoms with Crippen LogP contribution in [0.25, 0.3) is 0 Å². The first kappa shape index (κ1) is 20.5. The predicted octanol–water partition coefficient (Wildman–Crippen LogP) is 2.65. The summed E-state index contributed by atoms with van der Waals surface area (Å²) in [7, 11) is 0. The summed E-state index contributed by atoms with van der Waals surface area (Å²) in [6.07, 6.45) is 2.96. The summed E-state index contributed by atoms with van der Waals surface area (Å²) in [6.45, 7) is 3.83. The summed E-state index contributed by atoms with van der Waals surface area (Å²) in [4.78, 5) is 39.6. The van der Waals surface area contributed by atoms with Gasteiger partial charge in [0.15, 0.2) is 0 Å². The van der Waals surface area contributed by atoms with Gasteiger partial charge in [-0.1, -0.05) is 50.3 Å². The van der Waals surface area contributed by atoms with Crippen molar-refractivity contribution in [1.82, 2.24) is 10.2 Å². The highest BCUT2D eigenvalue weighted by atomic mass is 32.1. The van der Waals surface area contributed by atoms with Gasteiger partial charge in [-0.3, -0.25) is 9.59 Å². The molecule has 2 amide bonds. The van der Waals surface area contributed by atoms with E-state index in [1.54, 1.807) is 0 Å². The third-order valence-corrected chi connectivity index (χ3v) is 6.48.